The molecule has 1 aromatic carbocycles. The van der Waals surface area contributed by atoms with E-state index in [0.717, 1.165) is 0 Å². The van der Waals surface area contributed by atoms with E-state index in [4.69, 9.17) is 11.6 Å². The molecule has 12 heavy (non-hydrogen) atoms. The van der Waals surface area contributed by atoms with Gasteiger partial charge in [0.15, 0.2) is 0 Å². The van der Waals surface area contributed by atoms with Gasteiger partial charge in [-0.3, -0.25) is 0 Å². The molecule has 0 saturated carbocycles. The second-order valence-electron chi connectivity index (χ2n) is 2.31. The van der Waals surface area contributed by atoms with E-state index in [2.05, 4.69) is 15.9 Å². The molecule has 0 N–H and O–H groups in total. The fraction of sp³-hybridized carbons (Fsp3) is 0.250. The molecule has 0 bridgehead atoms. The first-order valence-corrected chi connectivity index (χ1v) is 4.57. The van der Waals surface area contributed by atoms with Crippen LogP contribution in [-0.4, -0.2) is 5.38 Å². The van der Waals surface area contributed by atoms with Crippen molar-refractivity contribution in [3.63, 3.8) is 0 Å². The van der Waals surface area contributed by atoms with E-state index < -0.39 is 10.2 Å². The Morgan fingerprint density at radius 2 is 1.75 bits per heavy atom. The van der Waals surface area contributed by atoms with E-state index in [0.29, 0.717) is 5.56 Å². The number of rotatable bonds is 2. The highest BCUT2D eigenvalue weighted by atomic mass is 79.9. The van der Waals surface area contributed by atoms with Gasteiger partial charge >= 0.3 is 5.38 Å². The zero-order chi connectivity index (χ0) is 9.19. The molecule has 0 spiro atoms. The highest BCUT2D eigenvalue weighted by Gasteiger charge is 2.35. The Morgan fingerprint density at radius 3 is 2.17 bits per heavy atom. The fourth-order valence-electron chi connectivity index (χ4n) is 0.811. The van der Waals surface area contributed by atoms with Crippen LogP contribution in [0.4, 0.5) is 8.78 Å². The predicted molar refractivity (Wildman–Crippen MR) is 48.9 cm³/mol. The average molecular weight is 255 g/mol. The maximum absolute atomic E-state index is 12.5. The Kier molecular flexibility index (Phi) is 3.07. The zero-order valence-corrected chi connectivity index (χ0v) is 8.32. The van der Waals surface area contributed by atoms with Crippen molar-refractivity contribution in [2.45, 2.75) is 10.2 Å². The van der Waals surface area contributed by atoms with Crippen molar-refractivity contribution in [3.05, 3.63) is 35.9 Å². The molecule has 1 atom stereocenters. The lowest BCUT2D eigenvalue weighted by Gasteiger charge is -2.15. The summed E-state index contributed by atoms with van der Waals surface area (Å²) in [4.78, 5) is -1.13. The Balaban J connectivity index is 2.86. The second kappa shape index (κ2) is 3.71. The molecule has 0 aliphatic heterocycles. The van der Waals surface area contributed by atoms with Gasteiger partial charge in [0.1, 0.15) is 4.83 Å². The van der Waals surface area contributed by atoms with Crippen LogP contribution in [0.1, 0.15) is 10.4 Å². The van der Waals surface area contributed by atoms with Crippen LogP contribution in [0.3, 0.4) is 0 Å². The smallest absolute Gasteiger partial charge is 0.187 e. The molecule has 0 aromatic heterocycles. The summed E-state index contributed by atoms with van der Waals surface area (Å²) in [5, 5.41) is -3.25. The number of hydrogen-bond donors (Lipinski definition) is 0. The Morgan fingerprint density at radius 1 is 1.25 bits per heavy atom. The summed E-state index contributed by atoms with van der Waals surface area (Å²) in [5.74, 6) is 0. The third-order valence-corrected chi connectivity index (χ3v) is 2.97. The fourth-order valence-corrected chi connectivity index (χ4v) is 1.24. The molecule has 0 fully saturated rings. The van der Waals surface area contributed by atoms with Gasteiger partial charge in [-0.2, -0.15) is 8.78 Å². The normalized spacial score (nSPS) is 14.3. The molecular formula is C8H6BrClF2. The summed E-state index contributed by atoms with van der Waals surface area (Å²) < 4.78 is 25.0. The van der Waals surface area contributed by atoms with Gasteiger partial charge in [-0.15, -0.1) is 0 Å². The molecule has 1 rings (SSSR count). The van der Waals surface area contributed by atoms with E-state index in [1.807, 2.05) is 0 Å². The van der Waals surface area contributed by atoms with Crippen LogP contribution in [-0.2, 0) is 0 Å². The molecule has 0 saturated heterocycles. The molecule has 4 heteroatoms. The van der Waals surface area contributed by atoms with Crippen molar-refractivity contribution in [2.24, 2.45) is 0 Å². The molecule has 0 aliphatic rings. The second-order valence-corrected chi connectivity index (χ2v) is 3.73. The molecule has 66 valence electrons. The van der Waals surface area contributed by atoms with Crippen LogP contribution in [0, 0.1) is 0 Å². The third kappa shape index (κ3) is 2.42. The minimum Gasteiger partial charge on any atom is -0.187 e. The number of benzene rings is 1. The molecule has 0 heterocycles. The first kappa shape index (κ1) is 9.93. The number of hydrogen-bond acceptors (Lipinski definition) is 0. The molecule has 0 amide bonds. The largest absolute Gasteiger partial charge is 0.338 e. The lowest BCUT2D eigenvalue weighted by molar-refractivity contribution is 0.0955. The van der Waals surface area contributed by atoms with Crippen molar-refractivity contribution >= 4 is 27.5 Å². The van der Waals surface area contributed by atoms with Crippen LogP contribution in [0.25, 0.3) is 0 Å². The molecule has 1 unspecified atom stereocenters. The van der Waals surface area contributed by atoms with Gasteiger partial charge in [-0.25, -0.2) is 0 Å². The third-order valence-electron chi connectivity index (χ3n) is 1.38. The maximum Gasteiger partial charge on any atom is 0.338 e. The highest BCUT2D eigenvalue weighted by molar-refractivity contribution is 9.09. The van der Waals surface area contributed by atoms with E-state index >= 15 is 0 Å². The summed E-state index contributed by atoms with van der Waals surface area (Å²) in [6.45, 7) is 0. The Labute approximate surface area is 82.7 Å². The molecular weight excluding hydrogens is 249 g/mol. The van der Waals surface area contributed by atoms with Gasteiger partial charge in [0.2, 0.25) is 0 Å². The van der Waals surface area contributed by atoms with Crippen molar-refractivity contribution in [3.8, 4) is 0 Å². The summed E-state index contributed by atoms with van der Waals surface area (Å²) in [7, 11) is 0. The standard InChI is InChI=1S/C8H6BrClF2/c9-7(8(10,11)12)6-4-2-1-3-5-6/h1-5,7H. The SMILES string of the molecule is FC(F)(Cl)C(Br)c1ccccc1. The molecule has 0 aliphatic carbocycles. The van der Waals surface area contributed by atoms with Crippen molar-refractivity contribution in [1.29, 1.82) is 0 Å². The lowest BCUT2D eigenvalue weighted by atomic mass is 10.2. The van der Waals surface area contributed by atoms with Gasteiger partial charge < -0.3 is 0 Å². The number of halogens is 4. The minimum absolute atomic E-state index is 0.470. The highest BCUT2D eigenvalue weighted by Crippen LogP contribution is 2.41. The van der Waals surface area contributed by atoms with Gasteiger partial charge in [-0.05, 0) is 17.2 Å². The van der Waals surface area contributed by atoms with Crippen LogP contribution in [0.15, 0.2) is 30.3 Å². The number of alkyl halides is 4. The van der Waals surface area contributed by atoms with Gasteiger partial charge in [0.25, 0.3) is 0 Å². The Hall–Kier alpha value is -0.150. The predicted octanol–water partition coefficient (Wildman–Crippen LogP) is 3.95. The van der Waals surface area contributed by atoms with Crippen LogP contribution < -0.4 is 0 Å². The lowest BCUT2D eigenvalue weighted by Crippen LogP contribution is -2.13. The van der Waals surface area contributed by atoms with Crippen molar-refractivity contribution in [2.75, 3.05) is 0 Å². The van der Waals surface area contributed by atoms with Gasteiger partial charge in [0.05, 0.1) is 0 Å². The van der Waals surface area contributed by atoms with E-state index in [1.54, 1.807) is 30.3 Å². The first-order valence-electron chi connectivity index (χ1n) is 3.27. The van der Waals surface area contributed by atoms with E-state index in [1.165, 1.54) is 0 Å². The first-order chi connectivity index (χ1) is 5.52. The average Bonchev–Trinajstić information content (AvgIpc) is 2.03. The molecule has 0 radical (unpaired) electrons. The monoisotopic (exact) mass is 254 g/mol. The maximum atomic E-state index is 12.5. The quantitative estimate of drug-likeness (QED) is 0.702. The van der Waals surface area contributed by atoms with Crippen molar-refractivity contribution < 1.29 is 8.78 Å². The van der Waals surface area contributed by atoms with E-state index in [-0.39, 0.29) is 0 Å². The van der Waals surface area contributed by atoms with Crippen LogP contribution >= 0.6 is 27.5 Å². The van der Waals surface area contributed by atoms with Gasteiger partial charge in [0, 0.05) is 0 Å². The minimum atomic E-state index is -3.25. The van der Waals surface area contributed by atoms with Gasteiger partial charge in [-0.1, -0.05) is 46.3 Å². The summed E-state index contributed by atoms with van der Waals surface area (Å²) >= 11 is 7.66. The Bertz CT molecular complexity index is 245. The van der Waals surface area contributed by atoms with Crippen LogP contribution in [0.2, 0.25) is 0 Å². The molecule has 1 aromatic rings. The topological polar surface area (TPSA) is 0 Å². The van der Waals surface area contributed by atoms with Crippen molar-refractivity contribution in [1.82, 2.24) is 0 Å². The summed E-state index contributed by atoms with van der Waals surface area (Å²) in [6, 6.07) is 8.32. The summed E-state index contributed by atoms with van der Waals surface area (Å²) in [5.41, 5.74) is 0.470. The summed E-state index contributed by atoms with van der Waals surface area (Å²) in [6.07, 6.45) is 0. The van der Waals surface area contributed by atoms with Crippen LogP contribution in [0.5, 0.6) is 0 Å². The molecule has 0 nitrogen and oxygen atoms in total. The zero-order valence-electron chi connectivity index (χ0n) is 5.98. The van der Waals surface area contributed by atoms with E-state index in [9.17, 15) is 8.78 Å².